The van der Waals surface area contributed by atoms with E-state index in [1.54, 1.807) is 17.2 Å². The second kappa shape index (κ2) is 8.78. The summed E-state index contributed by atoms with van der Waals surface area (Å²) in [5.74, 6) is 0.627. The maximum atomic E-state index is 13.0. The van der Waals surface area contributed by atoms with Gasteiger partial charge in [-0.05, 0) is 68.3 Å². The lowest BCUT2D eigenvalue weighted by Crippen LogP contribution is -2.30. The largest absolute Gasteiger partial charge is 0.372 e. The van der Waals surface area contributed by atoms with E-state index in [4.69, 9.17) is 0 Å². The first-order chi connectivity index (χ1) is 14.2. The fraction of sp³-hybridized carbons (Fsp3) is 0.250. The van der Waals surface area contributed by atoms with Crippen molar-refractivity contribution < 1.29 is 4.79 Å². The van der Waals surface area contributed by atoms with Gasteiger partial charge in [0.2, 0.25) is 0 Å². The summed E-state index contributed by atoms with van der Waals surface area (Å²) in [4.78, 5) is 21.6. The molecule has 0 unspecified atom stereocenters. The lowest BCUT2D eigenvalue weighted by atomic mass is 10.2. The maximum Gasteiger partial charge on any atom is 0.258 e. The smallest absolute Gasteiger partial charge is 0.258 e. The van der Waals surface area contributed by atoms with Crippen LogP contribution in [0.5, 0.6) is 0 Å². The molecule has 0 spiro atoms. The molecule has 3 aromatic rings. The molecule has 2 aromatic carbocycles. The Labute approximate surface area is 172 Å². The van der Waals surface area contributed by atoms with E-state index in [-0.39, 0.29) is 5.91 Å². The zero-order chi connectivity index (χ0) is 20.1. The summed E-state index contributed by atoms with van der Waals surface area (Å²) in [5.41, 5.74) is 3.72. The van der Waals surface area contributed by atoms with Crippen LogP contribution < -0.4 is 15.1 Å². The molecule has 1 aliphatic heterocycles. The second-order valence-corrected chi connectivity index (χ2v) is 7.18. The first-order valence-electron chi connectivity index (χ1n) is 10.2. The van der Waals surface area contributed by atoms with E-state index in [9.17, 15) is 4.79 Å². The number of hydrogen-bond donors (Lipinski definition) is 1. The number of anilines is 4. The fourth-order valence-corrected chi connectivity index (χ4v) is 3.72. The number of amides is 1. The highest BCUT2D eigenvalue weighted by atomic mass is 16.2. The quantitative estimate of drug-likeness (QED) is 0.641. The van der Waals surface area contributed by atoms with E-state index in [0.29, 0.717) is 17.9 Å². The van der Waals surface area contributed by atoms with E-state index < -0.39 is 0 Å². The SMILES string of the molecule is CCN(C(=O)c1ccnc(Nc2ccc(N3CCCC3)cc2)c1)c1ccccc1. The number of aromatic nitrogens is 1. The number of rotatable bonds is 6. The third-order valence-corrected chi connectivity index (χ3v) is 5.25. The van der Waals surface area contributed by atoms with Gasteiger partial charge < -0.3 is 15.1 Å². The first kappa shape index (κ1) is 19.0. The van der Waals surface area contributed by atoms with E-state index in [2.05, 4.69) is 39.5 Å². The van der Waals surface area contributed by atoms with E-state index in [1.807, 2.05) is 43.3 Å². The fourth-order valence-electron chi connectivity index (χ4n) is 3.72. The summed E-state index contributed by atoms with van der Waals surface area (Å²) in [6.45, 7) is 4.85. The third-order valence-electron chi connectivity index (χ3n) is 5.25. The standard InChI is InChI=1S/C24H26N4O/c1-2-28(22-8-4-3-5-9-22)24(29)19-14-15-25-23(18-19)26-20-10-12-21(13-11-20)27-16-6-7-17-27/h3-5,8-15,18H,2,6-7,16-17H2,1H3,(H,25,26). The van der Waals surface area contributed by atoms with Gasteiger partial charge in [-0.3, -0.25) is 4.79 Å². The lowest BCUT2D eigenvalue weighted by Gasteiger charge is -2.21. The van der Waals surface area contributed by atoms with Crippen molar-refractivity contribution in [3.05, 3.63) is 78.5 Å². The summed E-state index contributed by atoms with van der Waals surface area (Å²) in [7, 11) is 0. The highest BCUT2D eigenvalue weighted by molar-refractivity contribution is 6.06. The first-order valence-corrected chi connectivity index (χ1v) is 10.2. The van der Waals surface area contributed by atoms with Crippen molar-refractivity contribution >= 4 is 28.8 Å². The van der Waals surface area contributed by atoms with Crippen LogP contribution in [0.25, 0.3) is 0 Å². The molecule has 1 amide bonds. The van der Waals surface area contributed by atoms with Crippen LogP contribution in [0.3, 0.4) is 0 Å². The van der Waals surface area contributed by atoms with Crippen molar-refractivity contribution in [2.75, 3.05) is 34.8 Å². The van der Waals surface area contributed by atoms with Crippen LogP contribution in [0.4, 0.5) is 22.9 Å². The average Bonchev–Trinajstić information content (AvgIpc) is 3.31. The number of hydrogen-bond acceptors (Lipinski definition) is 4. The van der Waals surface area contributed by atoms with Gasteiger partial charge in [0.15, 0.2) is 0 Å². The Hall–Kier alpha value is -3.34. The number of pyridine rings is 1. The molecule has 1 aromatic heterocycles. The summed E-state index contributed by atoms with van der Waals surface area (Å²) in [6.07, 6.45) is 4.21. The van der Waals surface area contributed by atoms with E-state index in [0.717, 1.165) is 24.5 Å². The van der Waals surface area contributed by atoms with E-state index in [1.165, 1.54) is 18.5 Å². The van der Waals surface area contributed by atoms with Crippen LogP contribution in [0.15, 0.2) is 72.9 Å². The number of para-hydroxylation sites is 1. The van der Waals surface area contributed by atoms with Gasteiger partial charge in [-0.2, -0.15) is 0 Å². The molecular formula is C24H26N4O. The Balaban J connectivity index is 1.49. The highest BCUT2D eigenvalue weighted by Gasteiger charge is 2.17. The average molecular weight is 386 g/mol. The van der Waals surface area contributed by atoms with Crippen LogP contribution in [-0.2, 0) is 0 Å². The Morgan fingerprint density at radius 1 is 1.03 bits per heavy atom. The van der Waals surface area contributed by atoms with Crippen molar-refractivity contribution in [1.29, 1.82) is 0 Å². The van der Waals surface area contributed by atoms with E-state index >= 15 is 0 Å². The molecular weight excluding hydrogens is 360 g/mol. The summed E-state index contributed by atoms with van der Waals surface area (Å²) in [5, 5.41) is 3.31. The normalized spacial score (nSPS) is 13.3. The van der Waals surface area contributed by atoms with Crippen molar-refractivity contribution in [1.82, 2.24) is 4.98 Å². The van der Waals surface area contributed by atoms with Crippen molar-refractivity contribution in [3.63, 3.8) is 0 Å². The number of nitrogens with zero attached hydrogens (tertiary/aromatic N) is 3. The van der Waals surface area contributed by atoms with Crippen LogP contribution in [-0.4, -0.2) is 30.5 Å². The monoisotopic (exact) mass is 386 g/mol. The zero-order valence-electron chi connectivity index (χ0n) is 16.7. The van der Waals surface area contributed by atoms with Gasteiger partial charge in [0.05, 0.1) is 0 Å². The van der Waals surface area contributed by atoms with Gasteiger partial charge >= 0.3 is 0 Å². The molecule has 0 bridgehead atoms. The maximum absolute atomic E-state index is 13.0. The van der Waals surface area contributed by atoms with Gasteiger partial charge in [-0.25, -0.2) is 4.98 Å². The topological polar surface area (TPSA) is 48.5 Å². The molecule has 1 aliphatic rings. The van der Waals surface area contributed by atoms with Crippen molar-refractivity contribution in [2.45, 2.75) is 19.8 Å². The van der Waals surface area contributed by atoms with Crippen LogP contribution in [0.1, 0.15) is 30.1 Å². The molecule has 2 heterocycles. The van der Waals surface area contributed by atoms with Crippen LogP contribution in [0, 0.1) is 0 Å². The molecule has 0 radical (unpaired) electrons. The van der Waals surface area contributed by atoms with Crippen LogP contribution in [0.2, 0.25) is 0 Å². The molecule has 148 valence electrons. The third kappa shape index (κ3) is 4.40. The number of nitrogens with one attached hydrogen (secondary N) is 1. The van der Waals surface area contributed by atoms with Gasteiger partial charge in [0.25, 0.3) is 5.91 Å². The Bertz CT molecular complexity index is 950. The van der Waals surface area contributed by atoms with Gasteiger partial charge in [0, 0.05) is 48.5 Å². The minimum absolute atomic E-state index is 0.0338. The van der Waals surface area contributed by atoms with Crippen LogP contribution >= 0.6 is 0 Å². The molecule has 5 nitrogen and oxygen atoms in total. The minimum Gasteiger partial charge on any atom is -0.372 e. The zero-order valence-corrected chi connectivity index (χ0v) is 16.7. The Morgan fingerprint density at radius 3 is 2.45 bits per heavy atom. The van der Waals surface area contributed by atoms with Gasteiger partial charge in [-0.1, -0.05) is 18.2 Å². The van der Waals surface area contributed by atoms with Crippen molar-refractivity contribution in [3.8, 4) is 0 Å². The molecule has 1 N–H and O–H groups in total. The Morgan fingerprint density at radius 2 is 1.76 bits per heavy atom. The highest BCUT2D eigenvalue weighted by Crippen LogP contribution is 2.24. The van der Waals surface area contributed by atoms with Gasteiger partial charge in [0.1, 0.15) is 5.82 Å². The predicted octanol–water partition coefficient (Wildman–Crippen LogP) is 5.09. The molecule has 1 fully saturated rings. The molecule has 1 saturated heterocycles. The molecule has 29 heavy (non-hydrogen) atoms. The Kier molecular flexibility index (Phi) is 5.75. The number of benzene rings is 2. The molecule has 5 heteroatoms. The van der Waals surface area contributed by atoms with Gasteiger partial charge in [-0.15, -0.1) is 0 Å². The molecule has 0 atom stereocenters. The summed E-state index contributed by atoms with van der Waals surface area (Å²) in [6, 6.07) is 21.7. The molecule has 4 rings (SSSR count). The number of carbonyl (C=O) groups excluding carboxylic acids is 1. The van der Waals surface area contributed by atoms with Crippen molar-refractivity contribution in [2.24, 2.45) is 0 Å². The predicted molar refractivity (Wildman–Crippen MR) is 119 cm³/mol. The molecule has 0 saturated carbocycles. The second-order valence-electron chi connectivity index (χ2n) is 7.18. The number of carbonyl (C=O) groups is 1. The lowest BCUT2D eigenvalue weighted by molar-refractivity contribution is 0.0988. The minimum atomic E-state index is -0.0338. The summed E-state index contributed by atoms with van der Waals surface area (Å²) >= 11 is 0. The summed E-state index contributed by atoms with van der Waals surface area (Å²) < 4.78 is 0. The molecule has 0 aliphatic carbocycles.